The Morgan fingerprint density at radius 1 is 1.13 bits per heavy atom. The molecule has 1 heterocycles. The first kappa shape index (κ1) is 16.4. The molecule has 1 aliphatic heterocycles. The van der Waals surface area contributed by atoms with Crippen molar-refractivity contribution in [1.82, 2.24) is 4.90 Å². The van der Waals surface area contributed by atoms with Gasteiger partial charge < -0.3 is 5.32 Å². The lowest BCUT2D eigenvalue weighted by Gasteiger charge is -2.15. The fourth-order valence-electron chi connectivity index (χ4n) is 2.95. The summed E-state index contributed by atoms with van der Waals surface area (Å²) in [6.07, 6.45) is 5.00. The van der Waals surface area contributed by atoms with Crippen LogP contribution < -0.4 is 5.32 Å². The van der Waals surface area contributed by atoms with E-state index in [1.807, 2.05) is 18.2 Å². The summed E-state index contributed by atoms with van der Waals surface area (Å²) in [7, 11) is 0. The molecule has 5 nitrogen and oxygen atoms in total. The van der Waals surface area contributed by atoms with Crippen molar-refractivity contribution < 1.29 is 14.4 Å². The quantitative estimate of drug-likeness (QED) is 0.578. The zero-order valence-electron chi connectivity index (χ0n) is 12.1. The SMILES string of the molecule is O=C(CN1C(=O)C2CC=CCC2C1=O)Nc1ccc(Br)cc1Br. The topological polar surface area (TPSA) is 66.5 Å². The molecular formula is C16H14Br2N2O3. The average molecular weight is 442 g/mol. The molecule has 3 rings (SSSR count). The van der Waals surface area contributed by atoms with E-state index < -0.39 is 0 Å². The van der Waals surface area contributed by atoms with E-state index in [9.17, 15) is 14.4 Å². The van der Waals surface area contributed by atoms with Crippen molar-refractivity contribution in [1.29, 1.82) is 0 Å². The number of hydrogen-bond donors (Lipinski definition) is 1. The predicted molar refractivity (Wildman–Crippen MR) is 92.5 cm³/mol. The fraction of sp³-hybridized carbons (Fsp3) is 0.312. The molecule has 120 valence electrons. The molecule has 0 saturated carbocycles. The molecule has 2 atom stereocenters. The largest absolute Gasteiger partial charge is 0.323 e. The van der Waals surface area contributed by atoms with E-state index in [1.54, 1.807) is 12.1 Å². The van der Waals surface area contributed by atoms with E-state index in [4.69, 9.17) is 0 Å². The molecule has 1 saturated heterocycles. The van der Waals surface area contributed by atoms with Gasteiger partial charge in [-0.05, 0) is 47.0 Å². The first-order chi connectivity index (χ1) is 11.0. The summed E-state index contributed by atoms with van der Waals surface area (Å²) < 4.78 is 1.60. The Bertz CT molecular complexity index is 691. The molecule has 3 amide bonds. The minimum absolute atomic E-state index is 0.241. The molecule has 7 heteroatoms. The monoisotopic (exact) mass is 440 g/mol. The highest BCUT2D eigenvalue weighted by Gasteiger charge is 2.47. The average Bonchev–Trinajstić information content (AvgIpc) is 2.76. The normalized spacial score (nSPS) is 23.1. The zero-order valence-corrected chi connectivity index (χ0v) is 15.3. The standard InChI is InChI=1S/C16H14Br2N2O3/c17-9-5-6-13(12(18)7-9)19-14(21)8-20-15(22)10-3-1-2-4-11(10)16(20)23/h1-2,5-7,10-11H,3-4,8H2,(H,19,21). The number of rotatable bonds is 3. The second-order valence-electron chi connectivity index (χ2n) is 5.59. The molecule has 0 radical (unpaired) electrons. The molecule has 0 spiro atoms. The van der Waals surface area contributed by atoms with Gasteiger partial charge in [-0.25, -0.2) is 0 Å². The van der Waals surface area contributed by atoms with Crippen molar-refractivity contribution in [3.63, 3.8) is 0 Å². The van der Waals surface area contributed by atoms with Crippen molar-refractivity contribution in [2.24, 2.45) is 11.8 Å². The lowest BCUT2D eigenvalue weighted by Crippen LogP contribution is -2.38. The van der Waals surface area contributed by atoms with Gasteiger partial charge in [0.15, 0.2) is 0 Å². The predicted octanol–water partition coefficient (Wildman–Crippen LogP) is 3.10. The van der Waals surface area contributed by atoms with E-state index in [-0.39, 0.29) is 36.1 Å². The third-order valence-corrected chi connectivity index (χ3v) is 5.26. The number of allylic oxidation sites excluding steroid dienone is 2. The Morgan fingerprint density at radius 2 is 1.74 bits per heavy atom. The van der Waals surface area contributed by atoms with Crippen LogP contribution in [0.5, 0.6) is 0 Å². The fourth-order valence-corrected chi connectivity index (χ4v) is 4.10. The lowest BCUT2D eigenvalue weighted by atomic mass is 9.85. The maximum absolute atomic E-state index is 12.3. The van der Waals surface area contributed by atoms with E-state index in [2.05, 4.69) is 37.2 Å². The third-order valence-electron chi connectivity index (χ3n) is 4.11. The molecule has 1 fully saturated rings. The van der Waals surface area contributed by atoms with E-state index in [0.29, 0.717) is 18.5 Å². The molecule has 1 aromatic carbocycles. The number of halogens is 2. The van der Waals surface area contributed by atoms with Crippen LogP contribution in [-0.2, 0) is 14.4 Å². The number of carbonyl (C=O) groups is 3. The maximum Gasteiger partial charge on any atom is 0.244 e. The number of nitrogens with one attached hydrogen (secondary N) is 1. The van der Waals surface area contributed by atoms with Crippen LogP contribution in [0.4, 0.5) is 5.69 Å². The van der Waals surface area contributed by atoms with Crippen LogP contribution in [0, 0.1) is 11.8 Å². The Balaban J connectivity index is 1.68. The van der Waals surface area contributed by atoms with Crippen LogP contribution in [0.2, 0.25) is 0 Å². The number of nitrogens with zero attached hydrogens (tertiary/aromatic N) is 1. The van der Waals surface area contributed by atoms with Gasteiger partial charge in [0.1, 0.15) is 6.54 Å². The number of imide groups is 1. The molecule has 0 bridgehead atoms. The Morgan fingerprint density at radius 3 is 2.30 bits per heavy atom. The summed E-state index contributed by atoms with van der Waals surface area (Å²) in [5.74, 6) is -1.48. The highest BCUT2D eigenvalue weighted by molar-refractivity contribution is 9.11. The van der Waals surface area contributed by atoms with Crippen LogP contribution in [-0.4, -0.2) is 29.2 Å². The summed E-state index contributed by atoms with van der Waals surface area (Å²) in [4.78, 5) is 37.9. The minimum atomic E-state index is -0.388. The van der Waals surface area contributed by atoms with Gasteiger partial charge in [0.25, 0.3) is 0 Å². The van der Waals surface area contributed by atoms with Crippen LogP contribution in [0.3, 0.4) is 0 Å². The Labute approximate surface area is 150 Å². The van der Waals surface area contributed by atoms with Gasteiger partial charge in [0.05, 0.1) is 17.5 Å². The first-order valence-electron chi connectivity index (χ1n) is 7.22. The molecular weight excluding hydrogens is 428 g/mol. The maximum atomic E-state index is 12.3. The molecule has 1 aromatic rings. The van der Waals surface area contributed by atoms with Crippen molar-refractivity contribution >= 4 is 55.3 Å². The first-order valence-corrected chi connectivity index (χ1v) is 8.81. The highest BCUT2D eigenvalue weighted by Crippen LogP contribution is 2.35. The van der Waals surface area contributed by atoms with Gasteiger partial charge in [0, 0.05) is 8.95 Å². The Kier molecular flexibility index (Phi) is 4.68. The summed E-state index contributed by atoms with van der Waals surface area (Å²) >= 11 is 6.70. The van der Waals surface area contributed by atoms with Gasteiger partial charge in [-0.15, -0.1) is 0 Å². The number of anilines is 1. The van der Waals surface area contributed by atoms with Crippen molar-refractivity contribution in [2.45, 2.75) is 12.8 Å². The van der Waals surface area contributed by atoms with Crippen molar-refractivity contribution in [3.05, 3.63) is 39.3 Å². The molecule has 23 heavy (non-hydrogen) atoms. The second kappa shape index (κ2) is 6.57. The lowest BCUT2D eigenvalue weighted by molar-refractivity contribution is -0.142. The van der Waals surface area contributed by atoms with Crippen LogP contribution in [0.15, 0.2) is 39.3 Å². The van der Waals surface area contributed by atoms with Gasteiger partial charge in [-0.3, -0.25) is 19.3 Å². The van der Waals surface area contributed by atoms with Crippen molar-refractivity contribution in [3.8, 4) is 0 Å². The van der Waals surface area contributed by atoms with Gasteiger partial charge in [0.2, 0.25) is 17.7 Å². The van der Waals surface area contributed by atoms with E-state index in [1.165, 1.54) is 0 Å². The van der Waals surface area contributed by atoms with Crippen molar-refractivity contribution in [2.75, 3.05) is 11.9 Å². The number of hydrogen-bond acceptors (Lipinski definition) is 3. The van der Waals surface area contributed by atoms with Crippen LogP contribution >= 0.6 is 31.9 Å². The summed E-state index contributed by atoms with van der Waals surface area (Å²) in [6, 6.07) is 5.35. The number of carbonyl (C=O) groups excluding carboxylic acids is 3. The highest BCUT2D eigenvalue weighted by atomic mass is 79.9. The van der Waals surface area contributed by atoms with Gasteiger partial charge in [-0.2, -0.15) is 0 Å². The van der Waals surface area contributed by atoms with Crippen LogP contribution in [0.25, 0.3) is 0 Å². The van der Waals surface area contributed by atoms with Gasteiger partial charge in [-0.1, -0.05) is 28.1 Å². The van der Waals surface area contributed by atoms with E-state index in [0.717, 1.165) is 13.8 Å². The van der Waals surface area contributed by atoms with Gasteiger partial charge >= 0.3 is 0 Å². The number of benzene rings is 1. The third kappa shape index (κ3) is 3.26. The summed E-state index contributed by atoms with van der Waals surface area (Å²) in [6.45, 7) is -0.243. The zero-order chi connectivity index (χ0) is 16.6. The van der Waals surface area contributed by atoms with E-state index >= 15 is 0 Å². The minimum Gasteiger partial charge on any atom is -0.323 e. The molecule has 1 N–H and O–H groups in total. The second-order valence-corrected chi connectivity index (χ2v) is 7.36. The van der Waals surface area contributed by atoms with Crippen LogP contribution in [0.1, 0.15) is 12.8 Å². The summed E-state index contributed by atoms with van der Waals surface area (Å²) in [5.41, 5.74) is 0.594. The number of fused-ring (bicyclic) bond motifs is 1. The molecule has 1 aliphatic carbocycles. The smallest absolute Gasteiger partial charge is 0.244 e. The Hall–Kier alpha value is -1.47. The molecule has 0 aromatic heterocycles. The molecule has 2 unspecified atom stereocenters. The number of amides is 3. The summed E-state index contributed by atoms with van der Waals surface area (Å²) in [5, 5.41) is 2.72. The molecule has 2 aliphatic rings. The number of likely N-dealkylation sites (tertiary alicyclic amines) is 1.